The Hall–Kier alpha value is -4.78. The number of imide groups is 1. The van der Waals surface area contributed by atoms with Gasteiger partial charge in [0, 0.05) is 69.7 Å². The van der Waals surface area contributed by atoms with Gasteiger partial charge in [-0.25, -0.2) is 0 Å². The Balaban J connectivity index is 0.834. The van der Waals surface area contributed by atoms with Crippen molar-refractivity contribution in [1.82, 2.24) is 15.1 Å². The lowest BCUT2D eigenvalue weighted by Gasteiger charge is -2.36. The van der Waals surface area contributed by atoms with Crippen LogP contribution in [0.15, 0.2) is 48.5 Å². The van der Waals surface area contributed by atoms with Gasteiger partial charge in [0.25, 0.3) is 5.91 Å². The normalized spacial score (nSPS) is 19.9. The van der Waals surface area contributed by atoms with Crippen molar-refractivity contribution in [3.63, 3.8) is 0 Å². The summed E-state index contributed by atoms with van der Waals surface area (Å²) < 4.78 is 52.2. The zero-order chi connectivity index (χ0) is 38.9. The van der Waals surface area contributed by atoms with E-state index in [-0.39, 0.29) is 23.8 Å². The van der Waals surface area contributed by atoms with Crippen molar-refractivity contribution in [1.29, 1.82) is 0 Å². The van der Waals surface area contributed by atoms with Crippen LogP contribution in [0.4, 0.5) is 24.5 Å². The maximum absolute atomic E-state index is 13.5. The minimum atomic E-state index is -4.35. The predicted octanol–water partition coefficient (Wildman–Crippen LogP) is 6.46. The number of rotatable bonds is 11. The summed E-state index contributed by atoms with van der Waals surface area (Å²) >= 11 is 0. The molecule has 0 saturated carbocycles. The second kappa shape index (κ2) is 16.1. The molecule has 0 spiro atoms. The quantitative estimate of drug-likeness (QED) is 0.176. The number of nitrogens with zero attached hydrogens (tertiary/aromatic N) is 4. The monoisotopic (exact) mass is 761 g/mol. The molecular weight excluding hydrogens is 711 g/mol. The minimum absolute atomic E-state index is 0.215. The summed E-state index contributed by atoms with van der Waals surface area (Å²) in [6, 6.07) is 14.2. The van der Waals surface area contributed by atoms with Gasteiger partial charge in [0.15, 0.2) is 0 Å². The molecule has 0 aliphatic carbocycles. The number of unbranched alkanes of at least 4 members (excludes halogenated alkanes) is 1. The van der Waals surface area contributed by atoms with Crippen molar-refractivity contribution in [3.05, 3.63) is 81.9 Å². The van der Waals surface area contributed by atoms with Gasteiger partial charge in [-0.2, -0.15) is 13.2 Å². The Morgan fingerprint density at radius 1 is 0.818 bits per heavy atom. The first-order chi connectivity index (χ1) is 26.4. The van der Waals surface area contributed by atoms with Crippen LogP contribution in [0.2, 0.25) is 0 Å². The molecule has 0 radical (unpaired) electrons. The number of hydrogen-bond acceptors (Lipinski definition) is 8. The number of hydrogen-bond donors (Lipinski definition) is 1. The second-order valence-corrected chi connectivity index (χ2v) is 15.2. The highest BCUT2D eigenvalue weighted by Crippen LogP contribution is 2.39. The number of piperidine rings is 2. The van der Waals surface area contributed by atoms with E-state index in [9.17, 15) is 27.6 Å². The summed E-state index contributed by atoms with van der Waals surface area (Å²) in [6.07, 6.45) is -0.0820. The number of carbonyl (C=O) groups is 3. The Morgan fingerprint density at radius 2 is 1.56 bits per heavy atom. The van der Waals surface area contributed by atoms with E-state index in [1.54, 1.807) is 24.1 Å². The molecule has 4 aliphatic rings. The lowest BCUT2D eigenvalue weighted by molar-refractivity contribution is -0.138. The molecule has 10 nitrogen and oxygen atoms in total. The molecule has 4 heterocycles. The summed E-state index contributed by atoms with van der Waals surface area (Å²) in [7, 11) is 1.56. The SMILES string of the molecule is COc1cc(N2CCN(CCCCOc3ccc(C4CCN(c5ccc(C)c(C(F)(F)F)c5)CC4)c(C)c3)CC2)cc2c1C(=O)N(C1CCC(=O)NC1=O)C2. The third-order valence-electron chi connectivity index (χ3n) is 11.7. The minimum Gasteiger partial charge on any atom is -0.496 e. The lowest BCUT2D eigenvalue weighted by Crippen LogP contribution is -2.52. The molecule has 3 aromatic rings. The molecule has 0 aromatic heterocycles. The summed E-state index contributed by atoms with van der Waals surface area (Å²) in [6.45, 7) is 10.5. The van der Waals surface area contributed by atoms with Gasteiger partial charge in [-0.05, 0) is 111 Å². The second-order valence-electron chi connectivity index (χ2n) is 15.2. The van der Waals surface area contributed by atoms with Crippen LogP contribution in [-0.2, 0) is 22.3 Å². The Labute approximate surface area is 320 Å². The van der Waals surface area contributed by atoms with Gasteiger partial charge < -0.3 is 24.2 Å². The summed E-state index contributed by atoms with van der Waals surface area (Å²) in [5, 5.41) is 2.36. The van der Waals surface area contributed by atoms with Crippen molar-refractivity contribution in [2.24, 2.45) is 0 Å². The van der Waals surface area contributed by atoms with Crippen LogP contribution in [-0.4, -0.2) is 93.1 Å². The fraction of sp³-hybridized carbons (Fsp3) is 0.500. The van der Waals surface area contributed by atoms with E-state index < -0.39 is 23.7 Å². The standard InChI is InChI=1S/C42H50F3N5O5/c1-27-6-7-31(24-35(27)42(43,44)45)48-15-12-29(13-16-48)34-9-8-33(22-28(34)2)55-21-5-4-14-47-17-19-49(20-18-47)32-23-30-26-50(36-10-11-38(51)46-40(36)52)41(53)39(30)37(25-32)54-3/h6-9,22-25,29,36H,4-5,10-21,26H2,1-3H3,(H,46,51,52). The average molecular weight is 762 g/mol. The van der Waals surface area contributed by atoms with Gasteiger partial charge in [0.2, 0.25) is 11.8 Å². The molecule has 13 heteroatoms. The number of aryl methyl sites for hydroxylation is 2. The van der Waals surface area contributed by atoms with Crippen LogP contribution in [0.1, 0.15) is 82.6 Å². The van der Waals surface area contributed by atoms with Gasteiger partial charge in [-0.3, -0.25) is 24.6 Å². The molecule has 0 bridgehead atoms. The number of anilines is 2. The van der Waals surface area contributed by atoms with Crippen molar-refractivity contribution in [2.45, 2.75) is 77.1 Å². The number of fused-ring (bicyclic) bond motifs is 1. The van der Waals surface area contributed by atoms with E-state index in [2.05, 4.69) is 39.1 Å². The molecule has 3 fully saturated rings. The zero-order valence-corrected chi connectivity index (χ0v) is 31.8. The number of ether oxygens (including phenoxy) is 2. The van der Waals surface area contributed by atoms with Crippen LogP contribution in [0.5, 0.6) is 11.5 Å². The van der Waals surface area contributed by atoms with Crippen molar-refractivity contribution >= 4 is 29.1 Å². The highest BCUT2D eigenvalue weighted by atomic mass is 19.4. The molecule has 7 rings (SSSR count). The van der Waals surface area contributed by atoms with Crippen molar-refractivity contribution in [3.8, 4) is 11.5 Å². The maximum atomic E-state index is 13.5. The van der Waals surface area contributed by atoms with E-state index in [1.165, 1.54) is 24.1 Å². The van der Waals surface area contributed by atoms with E-state index in [1.807, 2.05) is 18.2 Å². The van der Waals surface area contributed by atoms with Crippen LogP contribution < -0.4 is 24.6 Å². The first-order valence-electron chi connectivity index (χ1n) is 19.4. The predicted molar refractivity (Wildman–Crippen MR) is 204 cm³/mol. The lowest BCUT2D eigenvalue weighted by atomic mass is 9.86. The topological polar surface area (TPSA) is 94.7 Å². The first-order valence-corrected chi connectivity index (χ1v) is 19.4. The highest BCUT2D eigenvalue weighted by Gasteiger charge is 2.41. The van der Waals surface area contributed by atoms with E-state index in [0.717, 1.165) is 88.5 Å². The van der Waals surface area contributed by atoms with Crippen LogP contribution in [0.25, 0.3) is 0 Å². The maximum Gasteiger partial charge on any atom is 0.416 e. The van der Waals surface area contributed by atoms with Crippen LogP contribution in [0, 0.1) is 13.8 Å². The largest absolute Gasteiger partial charge is 0.496 e. The van der Waals surface area contributed by atoms with Crippen molar-refractivity contribution < 1.29 is 37.0 Å². The Morgan fingerprint density at radius 3 is 2.25 bits per heavy atom. The summed E-state index contributed by atoms with van der Waals surface area (Å²) in [5.74, 6) is 0.761. The molecule has 1 atom stereocenters. The van der Waals surface area contributed by atoms with Gasteiger partial charge in [-0.1, -0.05) is 12.1 Å². The van der Waals surface area contributed by atoms with Crippen LogP contribution in [0.3, 0.4) is 0 Å². The fourth-order valence-electron chi connectivity index (χ4n) is 8.61. The first kappa shape index (κ1) is 38.5. The van der Waals surface area contributed by atoms with Crippen molar-refractivity contribution in [2.75, 3.05) is 69.3 Å². The van der Waals surface area contributed by atoms with Crippen LogP contribution >= 0.6 is 0 Å². The Kier molecular flexibility index (Phi) is 11.3. The number of halogens is 3. The molecule has 1 unspecified atom stereocenters. The number of alkyl halides is 3. The molecule has 3 saturated heterocycles. The number of nitrogens with one attached hydrogen (secondary N) is 1. The third kappa shape index (κ3) is 8.41. The number of methoxy groups -OCH3 is 1. The van der Waals surface area contributed by atoms with E-state index >= 15 is 0 Å². The smallest absolute Gasteiger partial charge is 0.416 e. The fourth-order valence-corrected chi connectivity index (χ4v) is 8.61. The molecule has 294 valence electrons. The molecule has 3 aromatic carbocycles. The Bertz CT molecular complexity index is 1920. The molecule has 1 N–H and O–H groups in total. The number of amides is 3. The van der Waals surface area contributed by atoms with Gasteiger partial charge >= 0.3 is 6.18 Å². The van der Waals surface area contributed by atoms with E-state index in [0.29, 0.717) is 42.5 Å². The summed E-state index contributed by atoms with van der Waals surface area (Å²) in [5.41, 5.74) is 5.12. The van der Waals surface area contributed by atoms with E-state index in [4.69, 9.17) is 9.47 Å². The number of benzene rings is 3. The number of piperazine rings is 1. The highest BCUT2D eigenvalue weighted by molar-refractivity contribution is 6.06. The molecule has 4 aliphatic heterocycles. The summed E-state index contributed by atoms with van der Waals surface area (Å²) in [4.78, 5) is 45.9. The average Bonchev–Trinajstić information content (AvgIpc) is 3.50. The van der Waals surface area contributed by atoms with Gasteiger partial charge in [0.05, 0.1) is 24.8 Å². The number of carbonyl (C=O) groups excluding carboxylic acids is 3. The molecule has 55 heavy (non-hydrogen) atoms. The van der Waals surface area contributed by atoms with Gasteiger partial charge in [0.1, 0.15) is 17.5 Å². The molecular formula is C42H50F3N5O5. The zero-order valence-electron chi connectivity index (χ0n) is 31.8. The van der Waals surface area contributed by atoms with Gasteiger partial charge in [-0.15, -0.1) is 0 Å². The third-order valence-corrected chi connectivity index (χ3v) is 11.7. The molecule has 3 amide bonds.